The molecule has 2 aliphatic heterocycles. The Balaban J connectivity index is 1.13. The van der Waals surface area contributed by atoms with Crippen LogP contribution in [0.4, 0.5) is 17.2 Å². The summed E-state index contributed by atoms with van der Waals surface area (Å²) in [5.74, 6) is 0.751. The Hall–Kier alpha value is -4.35. The summed E-state index contributed by atoms with van der Waals surface area (Å²) in [5.41, 5.74) is 8.06. The Labute approximate surface area is 273 Å². The zero-order chi connectivity index (χ0) is 31.9. The Morgan fingerprint density at radius 2 is 1.87 bits per heavy atom. The molecule has 1 amide bonds. The largest absolute Gasteiger partial charge is 0.392 e. The summed E-state index contributed by atoms with van der Waals surface area (Å²) in [4.78, 5) is 31.9. The molecule has 0 bridgehead atoms. The highest BCUT2D eigenvalue weighted by molar-refractivity contribution is 6.36. The van der Waals surface area contributed by atoms with Crippen molar-refractivity contribution in [2.75, 3.05) is 37.3 Å². The van der Waals surface area contributed by atoms with Crippen molar-refractivity contribution >= 4 is 45.6 Å². The first kappa shape index (κ1) is 30.3. The molecule has 1 unspecified atom stereocenters. The molecule has 0 radical (unpaired) electrons. The van der Waals surface area contributed by atoms with Gasteiger partial charge in [0.1, 0.15) is 5.52 Å². The number of imidazole rings is 1. The van der Waals surface area contributed by atoms with E-state index in [0.717, 1.165) is 89.3 Å². The molecule has 46 heavy (non-hydrogen) atoms. The standard InChI is InChI=1S/C35H37ClN8O2/c1-21-25(26-7-5-9-28(31(26)36)41-35(46)34-40-29-20-42(2)14-12-30(29)43(34)3)6-4-8-27(21)39-33-32-23(10-13-37-33)16-22(17-38-32)18-44-15-11-24(45)19-44/h4-10,13,16-17,24,45H,11-12,14-15,18-20H2,1-3H3,(H,37,39)(H,41,46). The molecule has 5 heterocycles. The number of aliphatic hydroxyl groups excluding tert-OH is 1. The van der Waals surface area contributed by atoms with Crippen molar-refractivity contribution in [1.29, 1.82) is 0 Å². The van der Waals surface area contributed by atoms with Gasteiger partial charge in [-0.2, -0.15) is 0 Å². The number of β-amino-alcohol motifs (C(OH)–C–C–N with tert-alkyl or cyclic N) is 1. The van der Waals surface area contributed by atoms with Gasteiger partial charge in [0.15, 0.2) is 11.6 Å². The normalized spacial score (nSPS) is 16.9. The molecule has 0 saturated carbocycles. The molecule has 236 valence electrons. The summed E-state index contributed by atoms with van der Waals surface area (Å²) < 4.78 is 1.89. The van der Waals surface area contributed by atoms with Crippen molar-refractivity contribution < 1.29 is 9.90 Å². The van der Waals surface area contributed by atoms with Crippen LogP contribution in [0.3, 0.4) is 0 Å². The van der Waals surface area contributed by atoms with Crippen molar-refractivity contribution in [1.82, 2.24) is 29.3 Å². The monoisotopic (exact) mass is 636 g/mol. The number of aliphatic hydroxyl groups is 1. The summed E-state index contributed by atoms with van der Waals surface area (Å²) in [6.07, 6.45) is 5.10. The van der Waals surface area contributed by atoms with E-state index in [1.54, 1.807) is 6.20 Å². The minimum atomic E-state index is -0.290. The van der Waals surface area contributed by atoms with Gasteiger partial charge >= 0.3 is 0 Å². The predicted molar refractivity (Wildman–Crippen MR) is 182 cm³/mol. The third-order valence-electron chi connectivity index (χ3n) is 9.08. The second-order valence-corrected chi connectivity index (χ2v) is 12.7. The van der Waals surface area contributed by atoms with Crippen LogP contribution < -0.4 is 10.6 Å². The SMILES string of the molecule is Cc1c(Nc2nccc3cc(CN4CCC(O)C4)cnc23)cccc1-c1cccc(NC(=O)c2nc3c(n2C)CCN(C)C3)c1Cl. The number of amides is 1. The lowest BCUT2D eigenvalue weighted by molar-refractivity contribution is 0.101. The van der Waals surface area contributed by atoms with Gasteiger partial charge in [0.25, 0.3) is 5.91 Å². The van der Waals surface area contributed by atoms with Gasteiger partial charge in [-0.05, 0) is 61.3 Å². The van der Waals surface area contributed by atoms with Crippen LogP contribution >= 0.6 is 11.6 Å². The van der Waals surface area contributed by atoms with Gasteiger partial charge in [0.2, 0.25) is 0 Å². The molecule has 2 aromatic carbocycles. The number of benzene rings is 2. The fourth-order valence-electron chi connectivity index (χ4n) is 6.56. The van der Waals surface area contributed by atoms with Crippen LogP contribution in [-0.2, 0) is 26.6 Å². The average Bonchev–Trinajstić information content (AvgIpc) is 3.60. The second kappa shape index (κ2) is 12.4. The summed E-state index contributed by atoms with van der Waals surface area (Å²) in [7, 11) is 3.95. The molecule has 7 rings (SSSR count). The molecule has 5 aromatic rings. The van der Waals surface area contributed by atoms with Crippen molar-refractivity contribution in [2.45, 2.75) is 39.0 Å². The van der Waals surface area contributed by atoms with Gasteiger partial charge in [0.05, 0.1) is 22.5 Å². The first-order valence-electron chi connectivity index (χ1n) is 15.6. The number of likely N-dealkylation sites (N-methyl/N-ethyl adjacent to an activating group) is 1. The van der Waals surface area contributed by atoms with Gasteiger partial charge in [-0.1, -0.05) is 35.9 Å². The number of nitrogens with zero attached hydrogens (tertiary/aromatic N) is 6. The zero-order valence-corrected chi connectivity index (χ0v) is 27.0. The van der Waals surface area contributed by atoms with Crippen LogP contribution in [0, 0.1) is 6.92 Å². The van der Waals surface area contributed by atoms with Crippen molar-refractivity contribution in [3.8, 4) is 11.1 Å². The summed E-state index contributed by atoms with van der Waals surface area (Å²) in [6, 6.07) is 15.8. The average molecular weight is 637 g/mol. The van der Waals surface area contributed by atoms with E-state index in [2.05, 4.69) is 43.5 Å². The third kappa shape index (κ3) is 5.85. The number of carbonyl (C=O) groups excluding carboxylic acids is 1. The molecule has 3 N–H and O–H groups in total. The predicted octanol–water partition coefficient (Wildman–Crippen LogP) is 5.54. The van der Waals surface area contributed by atoms with E-state index in [1.165, 1.54) is 0 Å². The lowest BCUT2D eigenvalue weighted by Gasteiger charge is -2.21. The molecule has 10 nitrogen and oxygen atoms in total. The number of hydrogen-bond donors (Lipinski definition) is 3. The Bertz CT molecular complexity index is 1960. The van der Waals surface area contributed by atoms with E-state index in [4.69, 9.17) is 16.6 Å². The van der Waals surface area contributed by atoms with Crippen LogP contribution in [-0.4, -0.2) is 73.1 Å². The van der Waals surface area contributed by atoms with Crippen molar-refractivity contribution in [3.05, 3.63) is 94.3 Å². The highest BCUT2D eigenvalue weighted by Gasteiger charge is 2.25. The summed E-state index contributed by atoms with van der Waals surface area (Å²) >= 11 is 6.97. The maximum absolute atomic E-state index is 13.4. The number of likely N-dealkylation sites (tertiary alicyclic amines) is 1. The van der Waals surface area contributed by atoms with Gasteiger partial charge < -0.3 is 25.2 Å². The molecule has 2 aliphatic rings. The number of halogens is 1. The number of aromatic nitrogens is 4. The Kier molecular flexibility index (Phi) is 8.20. The first-order chi connectivity index (χ1) is 22.2. The Morgan fingerprint density at radius 3 is 2.67 bits per heavy atom. The number of rotatable bonds is 7. The van der Waals surface area contributed by atoms with Crippen LogP contribution in [0.15, 0.2) is 60.9 Å². The maximum atomic E-state index is 13.4. The fraction of sp³-hybridized carbons (Fsp3) is 0.314. The van der Waals surface area contributed by atoms with Crippen molar-refractivity contribution in [2.24, 2.45) is 7.05 Å². The minimum Gasteiger partial charge on any atom is -0.392 e. The number of hydrogen-bond acceptors (Lipinski definition) is 8. The summed E-state index contributed by atoms with van der Waals surface area (Å²) in [6.45, 7) is 6.05. The maximum Gasteiger partial charge on any atom is 0.291 e. The molecule has 1 atom stereocenters. The van der Waals surface area contributed by atoms with Gasteiger partial charge in [-0.25, -0.2) is 9.97 Å². The smallest absolute Gasteiger partial charge is 0.291 e. The molecule has 1 fully saturated rings. The number of nitrogens with one attached hydrogen (secondary N) is 2. The lowest BCUT2D eigenvalue weighted by atomic mass is 9.98. The molecular formula is C35H37ClN8O2. The molecule has 11 heteroatoms. The Morgan fingerprint density at radius 1 is 1.07 bits per heavy atom. The number of anilines is 3. The van der Waals surface area contributed by atoms with Crippen LogP contribution in [0.2, 0.25) is 5.02 Å². The lowest BCUT2D eigenvalue weighted by Crippen LogP contribution is -2.27. The van der Waals surface area contributed by atoms with Crippen LogP contribution in [0.5, 0.6) is 0 Å². The third-order valence-corrected chi connectivity index (χ3v) is 9.49. The quantitative estimate of drug-likeness (QED) is 0.214. The van der Waals surface area contributed by atoms with Crippen LogP contribution in [0.25, 0.3) is 22.0 Å². The minimum absolute atomic E-state index is 0.247. The molecule has 3 aromatic heterocycles. The highest BCUT2D eigenvalue weighted by Crippen LogP contribution is 2.38. The molecule has 0 aliphatic carbocycles. The molecule has 1 saturated heterocycles. The molecular weight excluding hydrogens is 600 g/mol. The van der Waals surface area contributed by atoms with E-state index in [-0.39, 0.29) is 12.0 Å². The number of pyridine rings is 2. The van der Waals surface area contributed by atoms with Gasteiger partial charge in [-0.3, -0.25) is 14.7 Å². The number of fused-ring (bicyclic) bond motifs is 2. The molecule has 0 spiro atoms. The highest BCUT2D eigenvalue weighted by atomic mass is 35.5. The fourth-order valence-corrected chi connectivity index (χ4v) is 6.84. The van der Waals surface area contributed by atoms with Crippen molar-refractivity contribution in [3.63, 3.8) is 0 Å². The van der Waals surface area contributed by atoms with E-state index in [1.807, 2.05) is 67.2 Å². The zero-order valence-electron chi connectivity index (χ0n) is 26.2. The van der Waals surface area contributed by atoms with E-state index >= 15 is 0 Å². The van der Waals surface area contributed by atoms with Crippen LogP contribution in [0.1, 0.15) is 39.6 Å². The van der Waals surface area contributed by atoms with E-state index in [0.29, 0.717) is 28.9 Å². The second-order valence-electron chi connectivity index (χ2n) is 12.4. The first-order valence-corrected chi connectivity index (χ1v) is 16.0. The topological polar surface area (TPSA) is 111 Å². The summed E-state index contributed by atoms with van der Waals surface area (Å²) in [5, 5.41) is 17.8. The van der Waals surface area contributed by atoms with Gasteiger partial charge in [0, 0.05) is 80.9 Å². The number of carbonyl (C=O) groups is 1. The van der Waals surface area contributed by atoms with E-state index in [9.17, 15) is 9.90 Å². The van der Waals surface area contributed by atoms with E-state index < -0.39 is 0 Å². The van der Waals surface area contributed by atoms with Gasteiger partial charge in [-0.15, -0.1) is 0 Å².